The molecule has 0 saturated carbocycles. The first-order chi connectivity index (χ1) is 13.4. The number of nitrogens with zero attached hydrogens (tertiary/aromatic N) is 2. The molecule has 1 saturated heterocycles. The summed E-state index contributed by atoms with van der Waals surface area (Å²) in [5, 5.41) is 22.4. The minimum atomic E-state index is -0.735. The molecule has 1 fully saturated rings. The van der Waals surface area contributed by atoms with Gasteiger partial charge in [-0.3, -0.25) is 10.1 Å². The summed E-state index contributed by atoms with van der Waals surface area (Å²) >= 11 is 5.90. The standard InChI is InChI=1S/C20H21ClN2O5/c1-28-20(25)17-12-16(6-7-18(17)23(26)27)22-10-8-14(9-11-22)19(24)13-2-4-15(21)5-3-13/h2-7,12,14,19,24H,8-11H2,1H3. The maximum absolute atomic E-state index is 11.9. The van der Waals surface area contributed by atoms with Gasteiger partial charge >= 0.3 is 5.97 Å². The van der Waals surface area contributed by atoms with Gasteiger partial charge in [0.05, 0.1) is 18.1 Å². The Kier molecular flexibility index (Phi) is 6.16. The zero-order valence-corrected chi connectivity index (χ0v) is 16.1. The highest BCUT2D eigenvalue weighted by Gasteiger charge is 2.28. The molecule has 148 valence electrons. The monoisotopic (exact) mass is 404 g/mol. The number of piperidine rings is 1. The number of hydrogen-bond donors (Lipinski definition) is 1. The summed E-state index contributed by atoms with van der Waals surface area (Å²) < 4.78 is 4.67. The van der Waals surface area contributed by atoms with Gasteiger partial charge in [0.1, 0.15) is 5.56 Å². The summed E-state index contributed by atoms with van der Waals surface area (Å²) in [6.45, 7) is 1.35. The third-order valence-electron chi connectivity index (χ3n) is 5.14. The Hall–Kier alpha value is -2.64. The van der Waals surface area contributed by atoms with Crippen molar-refractivity contribution in [3.63, 3.8) is 0 Å². The molecule has 0 amide bonds. The van der Waals surface area contributed by atoms with Crippen molar-refractivity contribution >= 4 is 28.9 Å². The lowest BCUT2D eigenvalue weighted by atomic mass is 9.87. The van der Waals surface area contributed by atoms with Crippen LogP contribution in [0.15, 0.2) is 42.5 Å². The molecule has 8 heteroatoms. The molecular formula is C20H21ClN2O5. The molecule has 3 rings (SSSR count). The number of methoxy groups -OCH3 is 1. The summed E-state index contributed by atoms with van der Waals surface area (Å²) in [6.07, 6.45) is 0.949. The lowest BCUT2D eigenvalue weighted by molar-refractivity contribution is -0.385. The van der Waals surface area contributed by atoms with Crippen LogP contribution in [0.4, 0.5) is 11.4 Å². The maximum Gasteiger partial charge on any atom is 0.344 e. The maximum atomic E-state index is 11.9. The number of aliphatic hydroxyl groups is 1. The number of esters is 1. The van der Waals surface area contributed by atoms with Crippen LogP contribution in [0.5, 0.6) is 0 Å². The van der Waals surface area contributed by atoms with Crippen molar-refractivity contribution in [1.82, 2.24) is 0 Å². The molecule has 0 bridgehead atoms. The van der Waals surface area contributed by atoms with Gasteiger partial charge in [-0.2, -0.15) is 0 Å². The van der Waals surface area contributed by atoms with Crippen LogP contribution in [0.25, 0.3) is 0 Å². The van der Waals surface area contributed by atoms with Gasteiger partial charge in [0.15, 0.2) is 0 Å². The molecule has 1 unspecified atom stereocenters. The van der Waals surface area contributed by atoms with Crippen LogP contribution in [0.1, 0.15) is 34.9 Å². The fourth-order valence-corrected chi connectivity index (χ4v) is 3.68. The Labute approximate surface area is 167 Å². The average molecular weight is 405 g/mol. The number of rotatable bonds is 5. The summed E-state index contributed by atoms with van der Waals surface area (Å²) in [5.41, 5.74) is 1.23. The minimum absolute atomic E-state index is 0.0617. The van der Waals surface area contributed by atoms with Crippen LogP contribution < -0.4 is 4.90 Å². The van der Waals surface area contributed by atoms with Gasteiger partial charge in [-0.05, 0) is 48.6 Å². The Bertz CT molecular complexity index is 863. The van der Waals surface area contributed by atoms with E-state index in [9.17, 15) is 20.0 Å². The second-order valence-corrected chi connectivity index (χ2v) is 7.21. The Morgan fingerprint density at radius 1 is 1.25 bits per heavy atom. The molecule has 0 radical (unpaired) electrons. The van der Waals surface area contributed by atoms with Gasteiger partial charge in [0, 0.05) is 29.9 Å². The Morgan fingerprint density at radius 2 is 1.89 bits per heavy atom. The van der Waals surface area contributed by atoms with E-state index in [0.29, 0.717) is 18.1 Å². The number of aliphatic hydroxyl groups excluding tert-OH is 1. The molecule has 28 heavy (non-hydrogen) atoms. The number of ether oxygens (including phenoxy) is 1. The average Bonchev–Trinajstić information content (AvgIpc) is 2.72. The van der Waals surface area contributed by atoms with Crippen molar-refractivity contribution in [3.8, 4) is 0 Å². The fourth-order valence-electron chi connectivity index (χ4n) is 3.56. The van der Waals surface area contributed by atoms with E-state index in [4.69, 9.17) is 11.6 Å². The molecule has 2 aromatic carbocycles. The molecule has 0 aliphatic carbocycles. The lowest BCUT2D eigenvalue weighted by Crippen LogP contribution is -2.35. The Morgan fingerprint density at radius 3 is 2.46 bits per heavy atom. The fraction of sp³-hybridized carbons (Fsp3) is 0.350. The highest BCUT2D eigenvalue weighted by atomic mass is 35.5. The van der Waals surface area contributed by atoms with Gasteiger partial charge in [-0.15, -0.1) is 0 Å². The second-order valence-electron chi connectivity index (χ2n) is 6.77. The molecule has 7 nitrogen and oxygen atoms in total. The van der Waals surface area contributed by atoms with Crippen LogP contribution in [0, 0.1) is 16.0 Å². The van der Waals surface area contributed by atoms with Crippen LogP contribution in [-0.4, -0.2) is 36.2 Å². The first kappa shape index (κ1) is 20.1. The van der Waals surface area contributed by atoms with Crippen molar-refractivity contribution in [2.75, 3.05) is 25.1 Å². The number of nitro benzene ring substituents is 1. The van der Waals surface area contributed by atoms with Crippen molar-refractivity contribution < 1.29 is 19.6 Å². The quantitative estimate of drug-likeness (QED) is 0.460. The molecule has 2 aromatic rings. The van der Waals surface area contributed by atoms with Gasteiger partial charge < -0.3 is 14.7 Å². The summed E-state index contributed by atoms with van der Waals surface area (Å²) in [5.74, 6) is -0.628. The third kappa shape index (κ3) is 4.26. The van der Waals surface area contributed by atoms with Crippen LogP contribution in [0.2, 0.25) is 5.02 Å². The number of carbonyl (C=O) groups excluding carboxylic acids is 1. The number of halogens is 1. The van der Waals surface area contributed by atoms with Crippen molar-refractivity contribution in [1.29, 1.82) is 0 Å². The first-order valence-electron chi connectivity index (χ1n) is 8.96. The molecule has 1 N–H and O–H groups in total. The van der Waals surface area contributed by atoms with Crippen LogP contribution in [0.3, 0.4) is 0 Å². The highest BCUT2D eigenvalue weighted by Crippen LogP contribution is 2.34. The van der Waals surface area contributed by atoms with E-state index in [1.54, 1.807) is 18.2 Å². The summed E-state index contributed by atoms with van der Waals surface area (Å²) in [6, 6.07) is 11.7. The number of hydrogen-bond acceptors (Lipinski definition) is 6. The summed E-state index contributed by atoms with van der Waals surface area (Å²) in [4.78, 5) is 24.5. The number of anilines is 1. The van der Waals surface area contributed by atoms with Gasteiger partial charge in [0.25, 0.3) is 5.69 Å². The summed E-state index contributed by atoms with van der Waals surface area (Å²) in [7, 11) is 1.20. The molecular weight excluding hydrogens is 384 g/mol. The van der Waals surface area contributed by atoms with Crippen LogP contribution in [-0.2, 0) is 4.74 Å². The number of nitro groups is 1. The van der Waals surface area contributed by atoms with Crippen molar-refractivity contribution in [3.05, 3.63) is 68.7 Å². The predicted octanol–water partition coefficient (Wildman–Crippen LogP) is 3.98. The first-order valence-corrected chi connectivity index (χ1v) is 9.33. The van der Waals surface area contributed by atoms with E-state index >= 15 is 0 Å². The molecule has 1 aliphatic heterocycles. The third-order valence-corrected chi connectivity index (χ3v) is 5.40. The Balaban J connectivity index is 1.71. The zero-order valence-electron chi connectivity index (χ0n) is 15.4. The van der Waals surface area contributed by atoms with E-state index in [1.807, 2.05) is 12.1 Å². The minimum Gasteiger partial charge on any atom is -0.465 e. The van der Waals surface area contributed by atoms with Crippen LogP contribution >= 0.6 is 11.6 Å². The molecule has 1 heterocycles. The molecule has 0 aromatic heterocycles. The normalized spacial score (nSPS) is 15.9. The van der Waals surface area contributed by atoms with E-state index in [1.165, 1.54) is 19.2 Å². The highest BCUT2D eigenvalue weighted by molar-refractivity contribution is 6.30. The zero-order chi connectivity index (χ0) is 20.3. The number of benzene rings is 2. The topological polar surface area (TPSA) is 92.9 Å². The van der Waals surface area contributed by atoms with E-state index in [-0.39, 0.29) is 17.2 Å². The van der Waals surface area contributed by atoms with Gasteiger partial charge in [-0.1, -0.05) is 23.7 Å². The van der Waals surface area contributed by atoms with Crippen molar-refractivity contribution in [2.45, 2.75) is 18.9 Å². The lowest BCUT2D eigenvalue weighted by Gasteiger charge is -2.35. The van der Waals surface area contributed by atoms with E-state index in [2.05, 4.69) is 9.64 Å². The molecule has 1 atom stereocenters. The molecule has 1 aliphatic rings. The van der Waals surface area contributed by atoms with E-state index < -0.39 is 17.0 Å². The molecule has 0 spiro atoms. The van der Waals surface area contributed by atoms with E-state index in [0.717, 1.165) is 24.1 Å². The number of carbonyl (C=O) groups is 1. The SMILES string of the molecule is COC(=O)c1cc(N2CCC(C(O)c3ccc(Cl)cc3)CC2)ccc1[N+](=O)[O-]. The smallest absolute Gasteiger partial charge is 0.344 e. The predicted molar refractivity (Wildman–Crippen MR) is 106 cm³/mol. The second kappa shape index (κ2) is 8.58. The largest absolute Gasteiger partial charge is 0.465 e. The van der Waals surface area contributed by atoms with Gasteiger partial charge in [-0.25, -0.2) is 4.79 Å². The van der Waals surface area contributed by atoms with Gasteiger partial charge in [0.2, 0.25) is 0 Å². The van der Waals surface area contributed by atoms with Crippen molar-refractivity contribution in [2.24, 2.45) is 5.92 Å².